The number of nitrogens with one attached hydrogen (secondary N) is 1. The molecule has 0 heterocycles. The lowest BCUT2D eigenvalue weighted by Crippen LogP contribution is -2.19. The summed E-state index contributed by atoms with van der Waals surface area (Å²) in [4.78, 5) is 0.384. The van der Waals surface area contributed by atoms with Gasteiger partial charge in [-0.3, -0.25) is 0 Å². The smallest absolute Gasteiger partial charge is 0.175 e. The minimum absolute atomic E-state index is 0.182. The zero-order chi connectivity index (χ0) is 12.2. The monoisotopic (exact) mass is 241 g/mol. The van der Waals surface area contributed by atoms with Gasteiger partial charge in [0.15, 0.2) is 9.84 Å². The predicted octanol–water partition coefficient (Wildman–Crippen LogP) is 2.15. The van der Waals surface area contributed by atoms with Crippen molar-refractivity contribution in [1.82, 2.24) is 5.32 Å². The highest BCUT2D eigenvalue weighted by atomic mass is 32.2. The first-order valence-corrected chi connectivity index (χ1v) is 7.37. The summed E-state index contributed by atoms with van der Waals surface area (Å²) in [5.41, 5.74) is 1.01. The third kappa shape index (κ3) is 3.61. The molecule has 0 aliphatic heterocycles. The summed E-state index contributed by atoms with van der Waals surface area (Å²) in [5.74, 6) is 0. The number of benzene rings is 1. The standard InChI is InChI=1S/C12H19NO2S/c1-4-8-13-10(2)11-6-5-7-12(9-11)16(3,14)15/h5-7,9-10,13H,4,8H2,1-3H3. The van der Waals surface area contributed by atoms with Crippen molar-refractivity contribution >= 4 is 9.84 Å². The fourth-order valence-corrected chi connectivity index (χ4v) is 2.17. The highest BCUT2D eigenvalue weighted by Gasteiger charge is 2.10. The number of hydrogen-bond acceptors (Lipinski definition) is 3. The van der Waals surface area contributed by atoms with Crippen LogP contribution in [0.25, 0.3) is 0 Å². The molecule has 4 heteroatoms. The highest BCUT2D eigenvalue weighted by molar-refractivity contribution is 7.90. The molecule has 0 spiro atoms. The maximum absolute atomic E-state index is 11.4. The van der Waals surface area contributed by atoms with Crippen LogP contribution in [0.4, 0.5) is 0 Å². The van der Waals surface area contributed by atoms with Gasteiger partial charge in [-0.1, -0.05) is 19.1 Å². The zero-order valence-electron chi connectivity index (χ0n) is 10.0. The van der Waals surface area contributed by atoms with E-state index in [9.17, 15) is 8.42 Å². The molecule has 0 aromatic heterocycles. The Morgan fingerprint density at radius 1 is 1.38 bits per heavy atom. The van der Waals surface area contributed by atoms with E-state index in [0.717, 1.165) is 18.5 Å². The molecule has 0 aliphatic carbocycles. The lowest BCUT2D eigenvalue weighted by Gasteiger charge is -2.14. The van der Waals surface area contributed by atoms with Gasteiger partial charge in [0.1, 0.15) is 0 Å². The normalized spacial score (nSPS) is 13.7. The molecule has 1 N–H and O–H groups in total. The van der Waals surface area contributed by atoms with Crippen molar-refractivity contribution in [2.75, 3.05) is 12.8 Å². The highest BCUT2D eigenvalue weighted by Crippen LogP contribution is 2.17. The number of hydrogen-bond donors (Lipinski definition) is 1. The second-order valence-corrected chi connectivity index (χ2v) is 6.04. The maximum Gasteiger partial charge on any atom is 0.175 e. The molecule has 3 nitrogen and oxygen atoms in total. The molecule has 1 unspecified atom stereocenters. The largest absolute Gasteiger partial charge is 0.310 e. The van der Waals surface area contributed by atoms with Crippen molar-refractivity contribution in [1.29, 1.82) is 0 Å². The molecule has 0 aliphatic rings. The Hall–Kier alpha value is -0.870. The van der Waals surface area contributed by atoms with E-state index in [0.29, 0.717) is 4.90 Å². The van der Waals surface area contributed by atoms with Crippen LogP contribution in [0.2, 0.25) is 0 Å². The molecule has 0 saturated carbocycles. The van der Waals surface area contributed by atoms with Gasteiger partial charge in [0.05, 0.1) is 4.90 Å². The van der Waals surface area contributed by atoms with Crippen LogP contribution in [0, 0.1) is 0 Å². The Morgan fingerprint density at radius 3 is 2.62 bits per heavy atom. The van der Waals surface area contributed by atoms with Gasteiger partial charge in [-0.05, 0) is 37.6 Å². The molecule has 1 aromatic rings. The van der Waals surface area contributed by atoms with E-state index in [1.807, 2.05) is 13.0 Å². The van der Waals surface area contributed by atoms with Crippen LogP contribution < -0.4 is 5.32 Å². The summed E-state index contributed by atoms with van der Waals surface area (Å²) in [5, 5.41) is 3.33. The summed E-state index contributed by atoms with van der Waals surface area (Å²) in [7, 11) is -3.11. The lowest BCUT2D eigenvalue weighted by atomic mass is 10.1. The Kier molecular flexibility index (Phi) is 4.50. The average Bonchev–Trinajstić information content (AvgIpc) is 2.25. The molecular weight excluding hydrogens is 222 g/mol. The van der Waals surface area contributed by atoms with E-state index in [4.69, 9.17) is 0 Å². The van der Waals surface area contributed by atoms with Crippen molar-refractivity contribution in [3.8, 4) is 0 Å². The molecule has 0 bridgehead atoms. The number of rotatable bonds is 5. The lowest BCUT2D eigenvalue weighted by molar-refractivity contribution is 0.569. The molecule has 0 amide bonds. The van der Waals surface area contributed by atoms with Gasteiger partial charge in [0.25, 0.3) is 0 Å². The molecule has 0 radical (unpaired) electrons. The van der Waals surface area contributed by atoms with Crippen LogP contribution >= 0.6 is 0 Å². The van der Waals surface area contributed by atoms with Crippen LogP contribution in [0.15, 0.2) is 29.2 Å². The second-order valence-electron chi connectivity index (χ2n) is 4.02. The topological polar surface area (TPSA) is 46.2 Å². The van der Waals surface area contributed by atoms with Crippen LogP contribution in [0.3, 0.4) is 0 Å². The Balaban J connectivity index is 2.90. The molecule has 0 saturated heterocycles. The van der Waals surface area contributed by atoms with Crippen molar-refractivity contribution in [3.63, 3.8) is 0 Å². The van der Waals surface area contributed by atoms with E-state index >= 15 is 0 Å². The van der Waals surface area contributed by atoms with Crippen LogP contribution in [0.1, 0.15) is 31.9 Å². The van der Waals surface area contributed by atoms with Crippen LogP contribution in [-0.4, -0.2) is 21.2 Å². The minimum Gasteiger partial charge on any atom is -0.310 e. The quantitative estimate of drug-likeness (QED) is 0.859. The SMILES string of the molecule is CCCNC(C)c1cccc(S(C)(=O)=O)c1. The van der Waals surface area contributed by atoms with Gasteiger partial charge in [-0.15, -0.1) is 0 Å². The number of sulfone groups is 1. The van der Waals surface area contributed by atoms with Crippen molar-refractivity contribution < 1.29 is 8.42 Å². The fourth-order valence-electron chi connectivity index (χ4n) is 1.49. The van der Waals surface area contributed by atoms with Gasteiger partial charge in [-0.25, -0.2) is 8.42 Å². The molecule has 90 valence electrons. The Bertz CT molecular complexity index is 440. The van der Waals surface area contributed by atoms with E-state index in [1.54, 1.807) is 18.2 Å². The molecule has 1 rings (SSSR count). The van der Waals surface area contributed by atoms with E-state index < -0.39 is 9.84 Å². The van der Waals surface area contributed by atoms with E-state index in [-0.39, 0.29) is 6.04 Å². The maximum atomic E-state index is 11.4. The summed E-state index contributed by atoms with van der Waals surface area (Å²) in [6.07, 6.45) is 2.30. The average molecular weight is 241 g/mol. The third-order valence-corrected chi connectivity index (χ3v) is 3.60. The first-order valence-electron chi connectivity index (χ1n) is 5.48. The third-order valence-electron chi connectivity index (χ3n) is 2.49. The molecule has 0 fully saturated rings. The van der Waals surface area contributed by atoms with Gasteiger partial charge in [0, 0.05) is 12.3 Å². The Morgan fingerprint density at radius 2 is 2.06 bits per heavy atom. The van der Waals surface area contributed by atoms with Gasteiger partial charge < -0.3 is 5.32 Å². The fraction of sp³-hybridized carbons (Fsp3) is 0.500. The second kappa shape index (κ2) is 5.46. The minimum atomic E-state index is -3.11. The summed E-state index contributed by atoms with van der Waals surface area (Å²) in [6, 6.07) is 7.29. The Labute approximate surface area is 97.8 Å². The zero-order valence-corrected chi connectivity index (χ0v) is 10.8. The molecular formula is C12H19NO2S. The summed E-state index contributed by atoms with van der Waals surface area (Å²) < 4.78 is 22.8. The van der Waals surface area contributed by atoms with Gasteiger partial charge in [-0.2, -0.15) is 0 Å². The molecule has 1 atom stereocenters. The molecule has 1 aromatic carbocycles. The van der Waals surface area contributed by atoms with Crippen molar-refractivity contribution in [2.24, 2.45) is 0 Å². The van der Waals surface area contributed by atoms with E-state index in [1.165, 1.54) is 6.26 Å². The predicted molar refractivity (Wildman–Crippen MR) is 66.3 cm³/mol. The van der Waals surface area contributed by atoms with Gasteiger partial charge >= 0.3 is 0 Å². The summed E-state index contributed by atoms with van der Waals surface area (Å²) in [6.45, 7) is 5.08. The van der Waals surface area contributed by atoms with Crippen LogP contribution in [0.5, 0.6) is 0 Å². The van der Waals surface area contributed by atoms with Gasteiger partial charge in [0.2, 0.25) is 0 Å². The van der Waals surface area contributed by atoms with Crippen molar-refractivity contribution in [2.45, 2.75) is 31.2 Å². The first kappa shape index (κ1) is 13.2. The van der Waals surface area contributed by atoms with E-state index in [2.05, 4.69) is 12.2 Å². The molecule has 16 heavy (non-hydrogen) atoms. The summed E-state index contributed by atoms with van der Waals surface area (Å²) >= 11 is 0. The first-order chi connectivity index (χ1) is 7.45. The van der Waals surface area contributed by atoms with Crippen LogP contribution in [-0.2, 0) is 9.84 Å². The van der Waals surface area contributed by atoms with Crippen molar-refractivity contribution in [3.05, 3.63) is 29.8 Å².